The Morgan fingerprint density at radius 2 is 1.90 bits per heavy atom. The molecule has 0 unspecified atom stereocenters. The van der Waals surface area contributed by atoms with Crippen LogP contribution in [-0.2, 0) is 0 Å². The Morgan fingerprint density at radius 1 is 1.24 bits per heavy atom. The van der Waals surface area contributed by atoms with Gasteiger partial charge in [-0.1, -0.05) is 18.2 Å². The van der Waals surface area contributed by atoms with Crippen molar-refractivity contribution in [2.45, 2.75) is 13.8 Å². The van der Waals surface area contributed by atoms with Gasteiger partial charge in [0.2, 0.25) is 11.8 Å². The molecule has 1 aromatic heterocycles. The molecule has 2 aromatic rings. The number of aryl methyl sites for hydroxylation is 2. The molecular weight excluding hydrogens is 270 g/mol. The fraction of sp³-hybridized carbons (Fsp3) is 0.286. The van der Waals surface area contributed by atoms with E-state index in [1.165, 1.54) is 0 Å². The van der Waals surface area contributed by atoms with Crippen molar-refractivity contribution < 1.29 is 4.92 Å². The number of hydrogen-bond donors (Lipinski definition) is 1. The molecule has 1 aromatic carbocycles. The van der Waals surface area contributed by atoms with Gasteiger partial charge < -0.3 is 10.2 Å². The molecule has 0 aliphatic rings. The Balaban J connectivity index is 2.64. The largest absolute Gasteiger partial charge is 0.357 e. The number of aromatic nitrogens is 2. The normalized spacial score (nSPS) is 10.3. The van der Waals surface area contributed by atoms with Crippen LogP contribution < -0.4 is 10.2 Å². The molecule has 0 saturated carbocycles. The number of anilines is 3. The van der Waals surface area contributed by atoms with Gasteiger partial charge in [-0.3, -0.25) is 10.1 Å². The van der Waals surface area contributed by atoms with Crippen molar-refractivity contribution in [1.29, 1.82) is 0 Å². The van der Waals surface area contributed by atoms with Crippen LogP contribution in [-0.4, -0.2) is 29.0 Å². The third-order valence-corrected chi connectivity index (χ3v) is 3.24. The maximum Gasteiger partial charge on any atom is 0.333 e. The van der Waals surface area contributed by atoms with E-state index in [4.69, 9.17) is 0 Å². The van der Waals surface area contributed by atoms with Gasteiger partial charge >= 0.3 is 5.69 Å². The first-order chi connectivity index (χ1) is 9.95. The van der Waals surface area contributed by atoms with Crippen LogP contribution in [0.1, 0.15) is 11.3 Å². The SMILES string of the molecule is CNc1nc(C)c([N+](=O)[O-])c(N(C)c2ccccc2C)n1. The molecule has 0 bridgehead atoms. The molecule has 0 spiro atoms. The van der Waals surface area contributed by atoms with Crippen molar-refractivity contribution in [3.8, 4) is 0 Å². The maximum atomic E-state index is 11.3. The Kier molecular flexibility index (Phi) is 4.02. The van der Waals surface area contributed by atoms with E-state index in [0.717, 1.165) is 11.3 Å². The first-order valence-corrected chi connectivity index (χ1v) is 6.45. The topological polar surface area (TPSA) is 84.2 Å². The molecule has 7 nitrogen and oxygen atoms in total. The summed E-state index contributed by atoms with van der Waals surface area (Å²) in [6, 6.07) is 7.66. The van der Waals surface area contributed by atoms with Crippen molar-refractivity contribution in [1.82, 2.24) is 9.97 Å². The van der Waals surface area contributed by atoms with Crippen LogP contribution in [0.25, 0.3) is 0 Å². The minimum absolute atomic E-state index is 0.0836. The zero-order valence-electron chi connectivity index (χ0n) is 12.4. The molecule has 7 heteroatoms. The van der Waals surface area contributed by atoms with Crippen LogP contribution in [0.2, 0.25) is 0 Å². The summed E-state index contributed by atoms with van der Waals surface area (Å²) in [4.78, 5) is 20.9. The van der Waals surface area contributed by atoms with Crippen LogP contribution in [0.15, 0.2) is 24.3 Å². The summed E-state index contributed by atoms with van der Waals surface area (Å²) in [5, 5.41) is 14.2. The lowest BCUT2D eigenvalue weighted by Crippen LogP contribution is -2.17. The number of nitrogens with one attached hydrogen (secondary N) is 1. The number of benzene rings is 1. The summed E-state index contributed by atoms with van der Waals surface area (Å²) >= 11 is 0. The van der Waals surface area contributed by atoms with Gasteiger partial charge in [-0.2, -0.15) is 4.98 Å². The molecule has 0 radical (unpaired) electrons. The van der Waals surface area contributed by atoms with E-state index >= 15 is 0 Å². The molecule has 2 rings (SSSR count). The van der Waals surface area contributed by atoms with E-state index in [-0.39, 0.29) is 11.5 Å². The Morgan fingerprint density at radius 3 is 2.48 bits per heavy atom. The first kappa shape index (κ1) is 14.7. The van der Waals surface area contributed by atoms with E-state index in [0.29, 0.717) is 11.6 Å². The highest BCUT2D eigenvalue weighted by Crippen LogP contribution is 2.34. The van der Waals surface area contributed by atoms with E-state index in [9.17, 15) is 10.1 Å². The summed E-state index contributed by atoms with van der Waals surface area (Å²) < 4.78 is 0. The van der Waals surface area contributed by atoms with Gasteiger partial charge in [-0.05, 0) is 25.5 Å². The predicted octanol–water partition coefficient (Wildman–Crippen LogP) is 2.81. The number of nitrogens with zero attached hydrogens (tertiary/aromatic N) is 4. The number of para-hydroxylation sites is 1. The van der Waals surface area contributed by atoms with Gasteiger partial charge in [0, 0.05) is 19.8 Å². The van der Waals surface area contributed by atoms with Crippen molar-refractivity contribution in [3.63, 3.8) is 0 Å². The lowest BCUT2D eigenvalue weighted by molar-refractivity contribution is -0.385. The monoisotopic (exact) mass is 287 g/mol. The second kappa shape index (κ2) is 5.74. The highest BCUT2D eigenvalue weighted by Gasteiger charge is 2.25. The van der Waals surface area contributed by atoms with Crippen LogP contribution in [0.3, 0.4) is 0 Å². The summed E-state index contributed by atoms with van der Waals surface area (Å²) in [6.07, 6.45) is 0. The predicted molar refractivity (Wildman–Crippen MR) is 82.2 cm³/mol. The average Bonchev–Trinajstić information content (AvgIpc) is 2.45. The van der Waals surface area contributed by atoms with Crippen molar-refractivity contribution >= 4 is 23.1 Å². The minimum atomic E-state index is -0.446. The number of hydrogen-bond acceptors (Lipinski definition) is 6. The van der Waals surface area contributed by atoms with Gasteiger partial charge in [-0.15, -0.1) is 0 Å². The second-order valence-electron chi connectivity index (χ2n) is 4.66. The van der Waals surface area contributed by atoms with Crippen molar-refractivity contribution in [3.05, 3.63) is 45.6 Å². The summed E-state index contributed by atoms with van der Waals surface area (Å²) in [5.74, 6) is 0.625. The van der Waals surface area contributed by atoms with Gasteiger partial charge in [0.25, 0.3) is 0 Å². The van der Waals surface area contributed by atoms with Crippen LogP contribution in [0.5, 0.6) is 0 Å². The van der Waals surface area contributed by atoms with Gasteiger partial charge in [0.1, 0.15) is 5.69 Å². The molecular formula is C14H17N5O2. The Hall–Kier alpha value is -2.70. The molecule has 0 saturated heterocycles. The Labute approximate surface area is 122 Å². The Bertz CT molecular complexity index is 687. The summed E-state index contributed by atoms with van der Waals surface area (Å²) in [6.45, 7) is 3.56. The molecule has 0 fully saturated rings. The van der Waals surface area contributed by atoms with E-state index in [1.807, 2.05) is 31.2 Å². The fourth-order valence-corrected chi connectivity index (χ4v) is 2.17. The fourth-order valence-electron chi connectivity index (χ4n) is 2.17. The molecule has 0 aliphatic heterocycles. The minimum Gasteiger partial charge on any atom is -0.357 e. The quantitative estimate of drug-likeness (QED) is 0.687. The maximum absolute atomic E-state index is 11.3. The molecule has 0 atom stereocenters. The zero-order chi connectivity index (χ0) is 15.6. The standard InChI is InChI=1S/C14H17N5O2/c1-9-7-5-6-8-11(9)18(4)13-12(19(20)21)10(2)16-14(15-3)17-13/h5-8H,1-4H3,(H,15,16,17). The van der Waals surface area contributed by atoms with E-state index in [1.54, 1.807) is 25.9 Å². The molecule has 21 heavy (non-hydrogen) atoms. The molecule has 0 amide bonds. The molecule has 0 aliphatic carbocycles. The average molecular weight is 287 g/mol. The lowest BCUT2D eigenvalue weighted by atomic mass is 10.2. The van der Waals surface area contributed by atoms with Gasteiger partial charge in [-0.25, -0.2) is 4.98 Å². The molecule has 110 valence electrons. The van der Waals surface area contributed by atoms with Crippen LogP contribution >= 0.6 is 0 Å². The van der Waals surface area contributed by atoms with Crippen LogP contribution in [0.4, 0.5) is 23.1 Å². The van der Waals surface area contributed by atoms with Gasteiger partial charge in [0.05, 0.1) is 4.92 Å². The van der Waals surface area contributed by atoms with Crippen molar-refractivity contribution in [2.24, 2.45) is 0 Å². The first-order valence-electron chi connectivity index (χ1n) is 6.45. The zero-order valence-corrected chi connectivity index (χ0v) is 12.4. The van der Waals surface area contributed by atoms with Gasteiger partial charge in [0.15, 0.2) is 0 Å². The highest BCUT2D eigenvalue weighted by molar-refractivity contribution is 5.71. The smallest absolute Gasteiger partial charge is 0.333 e. The van der Waals surface area contributed by atoms with E-state index < -0.39 is 4.92 Å². The molecule has 1 heterocycles. The second-order valence-corrected chi connectivity index (χ2v) is 4.66. The van der Waals surface area contributed by atoms with Crippen LogP contribution in [0, 0.1) is 24.0 Å². The number of nitro groups is 1. The third-order valence-electron chi connectivity index (χ3n) is 3.24. The summed E-state index contributed by atoms with van der Waals surface area (Å²) in [7, 11) is 3.44. The van der Waals surface area contributed by atoms with Crippen molar-refractivity contribution in [2.75, 3.05) is 24.3 Å². The lowest BCUT2D eigenvalue weighted by Gasteiger charge is -2.21. The van der Waals surface area contributed by atoms with E-state index in [2.05, 4.69) is 15.3 Å². The highest BCUT2D eigenvalue weighted by atomic mass is 16.6. The number of rotatable bonds is 4. The summed E-state index contributed by atoms with van der Waals surface area (Å²) in [5.41, 5.74) is 2.12. The third kappa shape index (κ3) is 2.76. The molecule has 1 N–H and O–H groups in total.